The van der Waals surface area contributed by atoms with Gasteiger partial charge in [0.05, 0.1) is 5.92 Å². The molecule has 21 heavy (non-hydrogen) atoms. The zero-order chi connectivity index (χ0) is 14.9. The highest BCUT2D eigenvalue weighted by Gasteiger charge is 2.42. The second-order valence-electron chi connectivity index (χ2n) is 6.25. The smallest absolute Gasteiger partial charge is 0.384 e. The predicted molar refractivity (Wildman–Crippen MR) is 77.3 cm³/mol. The van der Waals surface area contributed by atoms with E-state index in [-0.39, 0.29) is 13.0 Å². The van der Waals surface area contributed by atoms with E-state index >= 15 is 0 Å². The van der Waals surface area contributed by atoms with Gasteiger partial charge in [-0.1, -0.05) is 18.2 Å². The Balaban J connectivity index is 1.58. The van der Waals surface area contributed by atoms with Crippen LogP contribution in [0.25, 0.3) is 0 Å². The largest absolute Gasteiger partial charge is 0.393 e. The van der Waals surface area contributed by atoms with E-state index in [2.05, 4.69) is 17.4 Å². The molecule has 2 aliphatic rings. The number of hydrogen-bond donors (Lipinski definition) is 1. The van der Waals surface area contributed by atoms with E-state index in [4.69, 9.17) is 0 Å². The van der Waals surface area contributed by atoms with Gasteiger partial charge in [0.25, 0.3) is 0 Å². The molecule has 0 aromatic heterocycles. The minimum Gasteiger partial charge on any atom is -0.384 e. The van der Waals surface area contributed by atoms with Crippen LogP contribution in [-0.4, -0.2) is 37.3 Å². The average Bonchev–Trinajstić information content (AvgIpc) is 2.46. The van der Waals surface area contributed by atoms with Crippen molar-refractivity contribution in [2.75, 3.05) is 31.5 Å². The van der Waals surface area contributed by atoms with Crippen LogP contribution in [0, 0.1) is 11.8 Å². The average molecular weight is 298 g/mol. The van der Waals surface area contributed by atoms with E-state index in [1.54, 1.807) is 0 Å². The fourth-order valence-corrected chi connectivity index (χ4v) is 3.49. The van der Waals surface area contributed by atoms with Crippen LogP contribution in [0.15, 0.2) is 24.3 Å². The molecule has 3 rings (SSSR count). The van der Waals surface area contributed by atoms with Gasteiger partial charge in [-0.25, -0.2) is 0 Å². The van der Waals surface area contributed by atoms with Gasteiger partial charge in [-0.05, 0) is 43.4 Å². The number of piperidine rings is 1. The maximum Gasteiger partial charge on any atom is 0.393 e. The molecule has 0 spiro atoms. The van der Waals surface area contributed by atoms with E-state index < -0.39 is 12.1 Å². The number of nitrogens with zero attached hydrogens (tertiary/aromatic N) is 1. The molecule has 0 radical (unpaired) electrons. The highest BCUT2D eigenvalue weighted by atomic mass is 19.4. The molecular formula is C16H21F3N2. The van der Waals surface area contributed by atoms with E-state index in [1.165, 1.54) is 11.3 Å². The summed E-state index contributed by atoms with van der Waals surface area (Å²) in [5.41, 5.74) is 2.44. The van der Waals surface area contributed by atoms with Gasteiger partial charge < -0.3 is 10.2 Å². The first-order valence-corrected chi connectivity index (χ1v) is 7.63. The molecule has 2 atom stereocenters. The molecule has 1 saturated heterocycles. The van der Waals surface area contributed by atoms with Crippen LogP contribution < -0.4 is 5.32 Å². The van der Waals surface area contributed by atoms with Crippen molar-refractivity contribution in [3.05, 3.63) is 29.8 Å². The topological polar surface area (TPSA) is 15.3 Å². The van der Waals surface area contributed by atoms with Crippen molar-refractivity contribution in [3.63, 3.8) is 0 Å². The lowest BCUT2D eigenvalue weighted by Crippen LogP contribution is -2.45. The van der Waals surface area contributed by atoms with E-state index in [1.807, 2.05) is 17.0 Å². The molecule has 1 aromatic rings. The van der Waals surface area contributed by atoms with Crippen molar-refractivity contribution in [2.24, 2.45) is 11.8 Å². The SMILES string of the molecule is FC(F)(F)C1CCCN(CC2CNc3ccccc3C2)C1. The van der Waals surface area contributed by atoms with Gasteiger partial charge >= 0.3 is 6.18 Å². The van der Waals surface area contributed by atoms with Gasteiger partial charge in [-0.2, -0.15) is 13.2 Å². The lowest BCUT2D eigenvalue weighted by Gasteiger charge is -2.37. The Bertz CT molecular complexity index is 487. The first-order chi connectivity index (χ1) is 10.0. The summed E-state index contributed by atoms with van der Waals surface area (Å²) < 4.78 is 38.6. The van der Waals surface area contributed by atoms with Crippen LogP contribution in [-0.2, 0) is 6.42 Å². The summed E-state index contributed by atoms with van der Waals surface area (Å²) in [6.45, 7) is 2.57. The molecule has 2 aliphatic heterocycles. The number of alkyl halides is 3. The van der Waals surface area contributed by atoms with Crippen molar-refractivity contribution < 1.29 is 13.2 Å². The molecule has 1 aromatic carbocycles. The molecule has 5 heteroatoms. The molecule has 0 saturated carbocycles. The molecule has 2 nitrogen and oxygen atoms in total. The molecule has 1 fully saturated rings. The number of halogens is 3. The lowest BCUT2D eigenvalue weighted by atomic mass is 9.91. The lowest BCUT2D eigenvalue weighted by molar-refractivity contribution is -0.187. The normalized spacial score (nSPS) is 27.0. The van der Waals surface area contributed by atoms with Gasteiger partial charge in [0, 0.05) is 25.3 Å². The molecule has 0 amide bonds. The molecular weight excluding hydrogens is 277 g/mol. The number of fused-ring (bicyclic) bond motifs is 1. The van der Waals surface area contributed by atoms with Crippen LogP contribution in [0.3, 0.4) is 0 Å². The third-order valence-electron chi connectivity index (χ3n) is 4.59. The molecule has 0 aliphatic carbocycles. The number of nitrogens with one attached hydrogen (secondary N) is 1. The summed E-state index contributed by atoms with van der Waals surface area (Å²) in [4.78, 5) is 2.00. The highest BCUT2D eigenvalue weighted by Crippen LogP contribution is 2.34. The number of benzene rings is 1. The maximum atomic E-state index is 12.9. The third kappa shape index (κ3) is 3.51. The van der Waals surface area contributed by atoms with Crippen molar-refractivity contribution in [1.29, 1.82) is 0 Å². The van der Waals surface area contributed by atoms with Crippen LogP contribution in [0.1, 0.15) is 18.4 Å². The van der Waals surface area contributed by atoms with Crippen molar-refractivity contribution in [3.8, 4) is 0 Å². The number of likely N-dealkylation sites (tertiary alicyclic amines) is 1. The Hall–Kier alpha value is -1.23. The molecule has 2 unspecified atom stereocenters. The van der Waals surface area contributed by atoms with Gasteiger partial charge in [0.2, 0.25) is 0 Å². The van der Waals surface area contributed by atoms with E-state index in [0.717, 1.165) is 26.1 Å². The number of para-hydroxylation sites is 1. The number of rotatable bonds is 2. The predicted octanol–water partition coefficient (Wildman–Crippen LogP) is 3.55. The first kappa shape index (κ1) is 14.7. The highest BCUT2D eigenvalue weighted by molar-refractivity contribution is 5.53. The van der Waals surface area contributed by atoms with E-state index in [0.29, 0.717) is 12.3 Å². The van der Waals surface area contributed by atoms with Crippen LogP contribution in [0.2, 0.25) is 0 Å². The number of anilines is 1. The Morgan fingerprint density at radius 2 is 2.05 bits per heavy atom. The molecule has 0 bridgehead atoms. The molecule has 116 valence electrons. The summed E-state index contributed by atoms with van der Waals surface area (Å²) in [6, 6.07) is 8.18. The molecule has 2 heterocycles. The fraction of sp³-hybridized carbons (Fsp3) is 0.625. The van der Waals surface area contributed by atoms with Crippen LogP contribution in [0.4, 0.5) is 18.9 Å². The van der Waals surface area contributed by atoms with Crippen LogP contribution >= 0.6 is 0 Å². The van der Waals surface area contributed by atoms with Crippen LogP contribution in [0.5, 0.6) is 0 Å². The summed E-state index contributed by atoms with van der Waals surface area (Å²) in [7, 11) is 0. The summed E-state index contributed by atoms with van der Waals surface area (Å²) in [5.74, 6) is -0.748. The summed E-state index contributed by atoms with van der Waals surface area (Å²) in [5, 5.41) is 3.39. The summed E-state index contributed by atoms with van der Waals surface area (Å²) in [6.07, 6.45) is -2.15. The van der Waals surface area contributed by atoms with Gasteiger partial charge in [0.15, 0.2) is 0 Å². The Morgan fingerprint density at radius 3 is 2.86 bits per heavy atom. The quantitative estimate of drug-likeness (QED) is 0.898. The van der Waals surface area contributed by atoms with Gasteiger partial charge in [-0.15, -0.1) is 0 Å². The summed E-state index contributed by atoms with van der Waals surface area (Å²) >= 11 is 0. The van der Waals surface area contributed by atoms with E-state index in [9.17, 15) is 13.2 Å². The second-order valence-corrected chi connectivity index (χ2v) is 6.25. The number of hydrogen-bond acceptors (Lipinski definition) is 2. The van der Waals surface area contributed by atoms with Crippen molar-refractivity contribution in [2.45, 2.75) is 25.4 Å². The zero-order valence-electron chi connectivity index (χ0n) is 12.0. The maximum absolute atomic E-state index is 12.9. The Kier molecular flexibility index (Phi) is 4.11. The zero-order valence-corrected chi connectivity index (χ0v) is 12.0. The Labute approximate surface area is 123 Å². The standard InChI is InChI=1S/C16H21F3N2/c17-16(18,19)14-5-3-7-21(11-14)10-12-8-13-4-1-2-6-15(13)20-9-12/h1-2,4,6,12,14,20H,3,5,7-11H2. The second kappa shape index (κ2) is 5.87. The van der Waals surface area contributed by atoms with Crippen molar-refractivity contribution in [1.82, 2.24) is 4.90 Å². The molecule has 1 N–H and O–H groups in total. The Morgan fingerprint density at radius 1 is 1.24 bits per heavy atom. The monoisotopic (exact) mass is 298 g/mol. The van der Waals surface area contributed by atoms with Gasteiger partial charge in [0.1, 0.15) is 0 Å². The third-order valence-corrected chi connectivity index (χ3v) is 4.59. The van der Waals surface area contributed by atoms with Gasteiger partial charge in [-0.3, -0.25) is 0 Å². The minimum atomic E-state index is -4.05. The minimum absolute atomic E-state index is 0.168. The first-order valence-electron chi connectivity index (χ1n) is 7.63. The van der Waals surface area contributed by atoms with Crippen molar-refractivity contribution >= 4 is 5.69 Å². The fourth-order valence-electron chi connectivity index (χ4n) is 3.49.